The molecule has 3 rings (SSSR count). The lowest BCUT2D eigenvalue weighted by Gasteiger charge is -2.44. The van der Waals surface area contributed by atoms with Gasteiger partial charge in [0, 0.05) is 23.7 Å². The molecule has 0 aromatic heterocycles. The highest BCUT2D eigenvalue weighted by Crippen LogP contribution is 2.48. The van der Waals surface area contributed by atoms with Crippen LogP contribution in [0.15, 0.2) is 6.07 Å². The Bertz CT molecular complexity index is 638. The molecule has 2 fully saturated rings. The van der Waals surface area contributed by atoms with Crippen LogP contribution in [0.2, 0.25) is 5.02 Å². The van der Waals surface area contributed by atoms with E-state index in [0.29, 0.717) is 24.1 Å². The molecule has 0 saturated carbocycles. The fraction of sp³-hybridized carbons (Fsp3) is 0.562. The number of hydrogen-bond acceptors (Lipinski definition) is 5. The van der Waals surface area contributed by atoms with Crippen LogP contribution in [0.5, 0.6) is 5.75 Å². The monoisotopic (exact) mass is 322 g/mol. The summed E-state index contributed by atoms with van der Waals surface area (Å²) in [6, 6.07) is 3.49. The number of aliphatic hydroxyl groups excluding tert-OH is 1. The van der Waals surface area contributed by atoms with E-state index in [1.54, 1.807) is 0 Å². The van der Waals surface area contributed by atoms with Gasteiger partial charge in [0.25, 0.3) is 0 Å². The summed E-state index contributed by atoms with van der Waals surface area (Å²) in [6.07, 6.45) is 3.10. The molecule has 0 radical (unpaired) electrons. The Morgan fingerprint density at radius 3 is 2.50 bits per heavy atom. The number of nitrogens with zero attached hydrogens (tertiary/aromatic N) is 2. The van der Waals surface area contributed by atoms with E-state index < -0.39 is 5.60 Å². The van der Waals surface area contributed by atoms with Crippen molar-refractivity contribution in [2.24, 2.45) is 0 Å². The Labute approximate surface area is 134 Å². The fourth-order valence-corrected chi connectivity index (χ4v) is 4.27. The number of aliphatic hydroxyl groups is 2. The number of phenols is 1. The van der Waals surface area contributed by atoms with Crippen molar-refractivity contribution in [1.82, 2.24) is 0 Å². The summed E-state index contributed by atoms with van der Waals surface area (Å²) in [5.41, 5.74) is 0.350. The lowest BCUT2D eigenvalue weighted by molar-refractivity contribution is 0.0197. The van der Waals surface area contributed by atoms with Crippen LogP contribution in [0.1, 0.15) is 43.7 Å². The van der Waals surface area contributed by atoms with Gasteiger partial charge in [0.15, 0.2) is 0 Å². The number of fused-ring (bicyclic) bond motifs is 2. The Morgan fingerprint density at radius 2 is 2.00 bits per heavy atom. The first kappa shape index (κ1) is 15.4. The third-order valence-corrected chi connectivity index (χ3v) is 5.25. The molecule has 2 bridgehead atoms. The summed E-state index contributed by atoms with van der Waals surface area (Å²) in [6.45, 7) is 1.50. The Balaban J connectivity index is 2.10. The first-order chi connectivity index (χ1) is 10.4. The fourth-order valence-electron chi connectivity index (χ4n) is 4.03. The van der Waals surface area contributed by atoms with Crippen molar-refractivity contribution >= 4 is 17.3 Å². The number of phenolic OH excluding ortho intramolecular Hbond substituents is 1. The first-order valence-corrected chi connectivity index (χ1v) is 7.82. The SMILES string of the molecule is CC1(O)C[C@H]2CC[C@@H](C1)N2c1c(O)cc(C#N)c(Cl)c1CO. The molecule has 1 unspecified atom stereocenters. The van der Waals surface area contributed by atoms with E-state index in [4.69, 9.17) is 16.9 Å². The number of halogens is 1. The van der Waals surface area contributed by atoms with Crippen molar-refractivity contribution in [1.29, 1.82) is 5.26 Å². The van der Waals surface area contributed by atoms with E-state index in [-0.39, 0.29) is 35.0 Å². The molecule has 0 aliphatic carbocycles. The van der Waals surface area contributed by atoms with Gasteiger partial charge in [0.1, 0.15) is 11.8 Å². The zero-order valence-corrected chi connectivity index (χ0v) is 13.1. The zero-order chi connectivity index (χ0) is 16.1. The molecule has 2 saturated heterocycles. The molecule has 0 spiro atoms. The average Bonchev–Trinajstić information content (AvgIpc) is 2.72. The molecular weight excluding hydrogens is 304 g/mol. The second-order valence-corrected chi connectivity index (χ2v) is 6.93. The van der Waals surface area contributed by atoms with E-state index in [0.717, 1.165) is 12.8 Å². The normalized spacial score (nSPS) is 30.4. The van der Waals surface area contributed by atoms with Gasteiger partial charge in [0.2, 0.25) is 0 Å². The van der Waals surface area contributed by atoms with Crippen LogP contribution in [0.4, 0.5) is 5.69 Å². The van der Waals surface area contributed by atoms with Gasteiger partial charge in [-0.3, -0.25) is 0 Å². The number of rotatable bonds is 2. The molecule has 3 atom stereocenters. The maximum atomic E-state index is 10.4. The summed E-state index contributed by atoms with van der Waals surface area (Å²) >= 11 is 6.21. The van der Waals surface area contributed by atoms with E-state index >= 15 is 0 Å². The van der Waals surface area contributed by atoms with Crippen LogP contribution >= 0.6 is 11.6 Å². The largest absolute Gasteiger partial charge is 0.506 e. The summed E-state index contributed by atoms with van der Waals surface area (Å²) in [7, 11) is 0. The minimum absolute atomic E-state index is 0.0385. The molecule has 6 heteroatoms. The van der Waals surface area contributed by atoms with Gasteiger partial charge < -0.3 is 20.2 Å². The molecule has 2 heterocycles. The second kappa shape index (κ2) is 5.31. The van der Waals surface area contributed by atoms with E-state index in [1.807, 2.05) is 13.0 Å². The standard InChI is InChI=1S/C16H19ClN2O3/c1-16(22)5-10-2-3-11(6-16)19(10)15-12(8-20)14(17)9(7-18)4-13(15)21/h4,10-11,20-22H,2-3,5-6,8H2,1H3/t10-,11+,16?. The van der Waals surface area contributed by atoms with Gasteiger partial charge in [-0.2, -0.15) is 5.26 Å². The predicted molar refractivity (Wildman–Crippen MR) is 82.9 cm³/mol. The zero-order valence-electron chi connectivity index (χ0n) is 12.4. The summed E-state index contributed by atoms with van der Waals surface area (Å²) < 4.78 is 0. The molecule has 2 aliphatic heterocycles. The van der Waals surface area contributed by atoms with Gasteiger partial charge >= 0.3 is 0 Å². The predicted octanol–water partition coefficient (Wildman–Crippen LogP) is 2.29. The third kappa shape index (κ3) is 2.32. The Kier molecular flexibility index (Phi) is 3.72. The number of piperidine rings is 1. The molecule has 118 valence electrons. The van der Waals surface area contributed by atoms with Crippen LogP contribution in [-0.2, 0) is 6.61 Å². The van der Waals surface area contributed by atoms with Crippen molar-refractivity contribution < 1.29 is 15.3 Å². The molecular formula is C16H19ClN2O3. The molecule has 1 aromatic carbocycles. The summed E-state index contributed by atoms with van der Waals surface area (Å²) in [5, 5.41) is 39.7. The van der Waals surface area contributed by atoms with Gasteiger partial charge in [-0.25, -0.2) is 0 Å². The van der Waals surface area contributed by atoms with Crippen molar-refractivity contribution in [2.45, 2.75) is 56.9 Å². The quantitative estimate of drug-likeness (QED) is 0.777. The van der Waals surface area contributed by atoms with Gasteiger partial charge in [0.05, 0.1) is 28.5 Å². The van der Waals surface area contributed by atoms with Gasteiger partial charge in [-0.15, -0.1) is 0 Å². The lowest BCUT2D eigenvalue weighted by Crippen LogP contribution is -2.50. The van der Waals surface area contributed by atoms with Crippen LogP contribution in [0.3, 0.4) is 0 Å². The maximum absolute atomic E-state index is 10.4. The van der Waals surface area contributed by atoms with E-state index in [1.165, 1.54) is 6.07 Å². The van der Waals surface area contributed by atoms with Crippen molar-refractivity contribution in [2.75, 3.05) is 4.90 Å². The Hall–Kier alpha value is -1.48. The van der Waals surface area contributed by atoms with Crippen LogP contribution in [0.25, 0.3) is 0 Å². The number of hydrogen-bond donors (Lipinski definition) is 3. The highest BCUT2D eigenvalue weighted by atomic mass is 35.5. The minimum Gasteiger partial charge on any atom is -0.506 e. The average molecular weight is 323 g/mol. The third-order valence-electron chi connectivity index (χ3n) is 4.82. The second-order valence-electron chi connectivity index (χ2n) is 6.55. The van der Waals surface area contributed by atoms with Crippen molar-refractivity contribution in [3.8, 4) is 11.8 Å². The highest BCUT2D eigenvalue weighted by Gasteiger charge is 2.46. The summed E-state index contributed by atoms with van der Waals surface area (Å²) in [4.78, 5) is 2.08. The maximum Gasteiger partial charge on any atom is 0.140 e. The Morgan fingerprint density at radius 1 is 1.41 bits per heavy atom. The highest BCUT2D eigenvalue weighted by molar-refractivity contribution is 6.33. The lowest BCUT2D eigenvalue weighted by atomic mass is 9.87. The molecule has 22 heavy (non-hydrogen) atoms. The topological polar surface area (TPSA) is 87.7 Å². The van der Waals surface area contributed by atoms with Crippen LogP contribution in [-0.4, -0.2) is 33.0 Å². The van der Waals surface area contributed by atoms with Crippen LogP contribution < -0.4 is 4.90 Å². The number of nitriles is 1. The summed E-state index contributed by atoms with van der Waals surface area (Å²) in [5.74, 6) is -0.0385. The molecule has 1 aromatic rings. The van der Waals surface area contributed by atoms with Gasteiger partial charge in [-0.1, -0.05) is 11.6 Å². The smallest absolute Gasteiger partial charge is 0.140 e. The van der Waals surface area contributed by atoms with Crippen LogP contribution in [0, 0.1) is 11.3 Å². The van der Waals surface area contributed by atoms with E-state index in [2.05, 4.69) is 4.90 Å². The first-order valence-electron chi connectivity index (χ1n) is 7.44. The molecule has 0 amide bonds. The van der Waals surface area contributed by atoms with Crippen molar-refractivity contribution in [3.63, 3.8) is 0 Å². The molecule has 5 nitrogen and oxygen atoms in total. The van der Waals surface area contributed by atoms with E-state index in [9.17, 15) is 15.3 Å². The molecule has 3 N–H and O–H groups in total. The number of aromatic hydroxyl groups is 1. The van der Waals surface area contributed by atoms with Gasteiger partial charge in [-0.05, 0) is 32.6 Å². The minimum atomic E-state index is -0.701. The van der Waals surface area contributed by atoms with Crippen molar-refractivity contribution in [3.05, 3.63) is 22.2 Å². The molecule has 2 aliphatic rings. The number of anilines is 1. The number of benzene rings is 1.